The van der Waals surface area contributed by atoms with Gasteiger partial charge in [-0.25, -0.2) is 9.97 Å². The van der Waals surface area contributed by atoms with Gasteiger partial charge in [-0.15, -0.1) is 0 Å². The third-order valence-corrected chi connectivity index (χ3v) is 1.51. The molecule has 0 aliphatic heterocycles. The fraction of sp³-hybridized carbons (Fsp3) is 0.333. The lowest BCUT2D eigenvalue weighted by Crippen LogP contribution is -2.03. The van der Waals surface area contributed by atoms with Crippen LogP contribution in [0.3, 0.4) is 0 Å². The van der Waals surface area contributed by atoms with Crippen molar-refractivity contribution in [3.63, 3.8) is 0 Å². The quantitative estimate of drug-likeness (QED) is 0.642. The maximum absolute atomic E-state index is 10.9. The second-order valence-electron chi connectivity index (χ2n) is 2.83. The van der Waals surface area contributed by atoms with Gasteiger partial charge in [0.1, 0.15) is 17.8 Å². The van der Waals surface area contributed by atoms with Crippen molar-refractivity contribution < 1.29 is 9.59 Å². The zero-order valence-electron chi connectivity index (χ0n) is 7.57. The zero-order chi connectivity index (χ0) is 9.84. The average Bonchev–Trinajstić information content (AvgIpc) is 2.03. The predicted molar refractivity (Wildman–Crippen MR) is 46.4 cm³/mol. The highest BCUT2D eigenvalue weighted by Gasteiger charge is 2.04. The summed E-state index contributed by atoms with van der Waals surface area (Å²) in [5, 5.41) is 0. The molecule has 0 aliphatic rings. The topological polar surface area (TPSA) is 59.9 Å². The van der Waals surface area contributed by atoms with Crippen LogP contribution in [0.15, 0.2) is 12.4 Å². The van der Waals surface area contributed by atoms with E-state index in [1.807, 2.05) is 0 Å². The number of hydrogen-bond acceptors (Lipinski definition) is 4. The molecule has 0 spiro atoms. The number of ketones is 2. The van der Waals surface area contributed by atoms with Crippen LogP contribution in [0.4, 0.5) is 0 Å². The number of rotatable bonds is 3. The van der Waals surface area contributed by atoms with E-state index in [0.29, 0.717) is 11.4 Å². The molecule has 68 valence electrons. The van der Waals surface area contributed by atoms with Gasteiger partial charge in [-0.05, 0) is 13.0 Å². The van der Waals surface area contributed by atoms with E-state index in [0.717, 1.165) is 0 Å². The summed E-state index contributed by atoms with van der Waals surface area (Å²) in [5.74, 6) is -0.0968. The molecule has 4 heteroatoms. The highest BCUT2D eigenvalue weighted by molar-refractivity contribution is 5.92. The Balaban J connectivity index is 2.91. The van der Waals surface area contributed by atoms with E-state index < -0.39 is 0 Å². The highest BCUT2D eigenvalue weighted by atomic mass is 16.1. The number of carbonyl (C=O) groups is 2. The van der Waals surface area contributed by atoms with Crippen LogP contribution in [-0.2, 0) is 11.2 Å². The van der Waals surface area contributed by atoms with E-state index in [4.69, 9.17) is 0 Å². The van der Waals surface area contributed by atoms with Crippen LogP contribution in [-0.4, -0.2) is 21.5 Å². The smallest absolute Gasteiger partial charge is 0.178 e. The maximum Gasteiger partial charge on any atom is 0.178 e. The predicted octanol–water partition coefficient (Wildman–Crippen LogP) is 0.811. The fourth-order valence-electron chi connectivity index (χ4n) is 0.942. The van der Waals surface area contributed by atoms with E-state index in [-0.39, 0.29) is 18.0 Å². The van der Waals surface area contributed by atoms with Crippen LogP contribution in [0, 0.1) is 0 Å². The van der Waals surface area contributed by atoms with Crippen LogP contribution in [0.2, 0.25) is 0 Å². The molecule has 0 saturated heterocycles. The van der Waals surface area contributed by atoms with Crippen molar-refractivity contribution in [2.45, 2.75) is 20.3 Å². The summed E-state index contributed by atoms with van der Waals surface area (Å²) in [7, 11) is 0. The minimum absolute atomic E-state index is 0.0215. The molecule has 0 aliphatic carbocycles. The van der Waals surface area contributed by atoms with E-state index in [1.54, 1.807) is 6.07 Å². The molecule has 1 aromatic rings. The molecule has 1 heterocycles. The lowest BCUT2D eigenvalue weighted by molar-refractivity contribution is -0.116. The minimum atomic E-state index is -0.118. The van der Waals surface area contributed by atoms with Gasteiger partial charge in [0, 0.05) is 13.3 Å². The molecule has 1 rings (SSSR count). The molecule has 0 saturated carbocycles. The minimum Gasteiger partial charge on any atom is -0.300 e. The molecule has 1 aromatic heterocycles. The first-order valence-corrected chi connectivity index (χ1v) is 3.91. The molecule has 0 unspecified atom stereocenters. The third-order valence-electron chi connectivity index (χ3n) is 1.51. The van der Waals surface area contributed by atoms with Crippen molar-refractivity contribution in [3.8, 4) is 0 Å². The molecule has 0 fully saturated rings. The van der Waals surface area contributed by atoms with Crippen molar-refractivity contribution in [2.24, 2.45) is 0 Å². The number of aromatic nitrogens is 2. The molecule has 0 radical (unpaired) electrons. The molecule has 0 N–H and O–H groups in total. The molecule has 4 nitrogen and oxygen atoms in total. The van der Waals surface area contributed by atoms with Gasteiger partial charge in [0.25, 0.3) is 0 Å². The third kappa shape index (κ3) is 2.74. The Morgan fingerprint density at radius 3 is 2.54 bits per heavy atom. The first kappa shape index (κ1) is 9.51. The van der Waals surface area contributed by atoms with Crippen LogP contribution in [0.5, 0.6) is 0 Å². The van der Waals surface area contributed by atoms with Gasteiger partial charge in [0.05, 0.1) is 5.69 Å². The van der Waals surface area contributed by atoms with Gasteiger partial charge in [0.15, 0.2) is 5.78 Å². The van der Waals surface area contributed by atoms with Crippen LogP contribution < -0.4 is 0 Å². The van der Waals surface area contributed by atoms with Gasteiger partial charge in [-0.1, -0.05) is 0 Å². The SMILES string of the molecule is CC(=O)Cc1cc(C(C)=O)ncn1. The van der Waals surface area contributed by atoms with Crippen molar-refractivity contribution in [1.82, 2.24) is 9.97 Å². The van der Waals surface area contributed by atoms with Gasteiger partial charge in [0.2, 0.25) is 0 Å². The zero-order valence-corrected chi connectivity index (χ0v) is 7.57. The normalized spacial score (nSPS) is 9.69. The van der Waals surface area contributed by atoms with Crippen LogP contribution in [0.1, 0.15) is 30.0 Å². The fourth-order valence-corrected chi connectivity index (χ4v) is 0.942. The van der Waals surface area contributed by atoms with Crippen molar-refractivity contribution in [1.29, 1.82) is 0 Å². The Labute approximate surface area is 76.0 Å². The van der Waals surface area contributed by atoms with E-state index in [9.17, 15) is 9.59 Å². The number of hydrogen-bond donors (Lipinski definition) is 0. The number of carbonyl (C=O) groups excluding carboxylic acids is 2. The van der Waals surface area contributed by atoms with Crippen molar-refractivity contribution in [3.05, 3.63) is 23.8 Å². The molecule has 13 heavy (non-hydrogen) atoms. The largest absolute Gasteiger partial charge is 0.300 e. The summed E-state index contributed by atoms with van der Waals surface area (Å²) < 4.78 is 0. The number of Topliss-reactive ketones (excluding diaryl/α,β-unsaturated/α-hetero) is 2. The summed E-state index contributed by atoms with van der Waals surface area (Å²) >= 11 is 0. The van der Waals surface area contributed by atoms with Crippen LogP contribution >= 0.6 is 0 Å². The Kier molecular flexibility index (Phi) is 2.84. The lowest BCUT2D eigenvalue weighted by Gasteiger charge is -1.97. The van der Waals surface area contributed by atoms with Crippen LogP contribution in [0.25, 0.3) is 0 Å². The Morgan fingerprint density at radius 2 is 2.00 bits per heavy atom. The van der Waals surface area contributed by atoms with Gasteiger partial charge in [-0.2, -0.15) is 0 Å². The highest BCUT2D eigenvalue weighted by Crippen LogP contribution is 2.00. The van der Waals surface area contributed by atoms with E-state index >= 15 is 0 Å². The average molecular weight is 178 g/mol. The first-order chi connectivity index (χ1) is 6.09. The van der Waals surface area contributed by atoms with Crippen molar-refractivity contribution >= 4 is 11.6 Å². The van der Waals surface area contributed by atoms with Gasteiger partial charge >= 0.3 is 0 Å². The summed E-state index contributed by atoms with van der Waals surface area (Å²) in [5.41, 5.74) is 0.943. The Bertz CT molecular complexity index is 347. The molecule has 0 atom stereocenters. The molecular formula is C9H10N2O2. The summed E-state index contributed by atoms with van der Waals surface area (Å²) in [4.78, 5) is 29.3. The Hall–Kier alpha value is -1.58. The monoisotopic (exact) mass is 178 g/mol. The molecular weight excluding hydrogens is 168 g/mol. The van der Waals surface area contributed by atoms with E-state index in [1.165, 1.54) is 20.2 Å². The van der Waals surface area contributed by atoms with Gasteiger partial charge in [-0.3, -0.25) is 9.59 Å². The number of nitrogens with zero attached hydrogens (tertiary/aromatic N) is 2. The second-order valence-corrected chi connectivity index (χ2v) is 2.83. The summed E-state index contributed by atoms with van der Waals surface area (Å²) in [6.45, 7) is 2.91. The standard InChI is InChI=1S/C9H10N2O2/c1-6(12)3-8-4-9(7(2)13)11-5-10-8/h4-5H,3H2,1-2H3. The van der Waals surface area contributed by atoms with E-state index in [2.05, 4.69) is 9.97 Å². The van der Waals surface area contributed by atoms with Crippen molar-refractivity contribution in [2.75, 3.05) is 0 Å². The molecule has 0 bridgehead atoms. The maximum atomic E-state index is 10.9. The summed E-state index contributed by atoms with van der Waals surface area (Å²) in [6.07, 6.45) is 1.55. The molecule has 0 aromatic carbocycles. The second kappa shape index (κ2) is 3.89. The lowest BCUT2D eigenvalue weighted by atomic mass is 10.2. The summed E-state index contributed by atoms with van der Waals surface area (Å²) in [6, 6.07) is 1.55. The molecule has 0 amide bonds. The van der Waals surface area contributed by atoms with Gasteiger partial charge < -0.3 is 0 Å². The first-order valence-electron chi connectivity index (χ1n) is 3.91. The Morgan fingerprint density at radius 1 is 1.31 bits per heavy atom.